The van der Waals surface area contributed by atoms with Gasteiger partial charge in [-0.2, -0.15) is 6.42 Å². The van der Waals surface area contributed by atoms with Gasteiger partial charge in [-0.05, 0) is 23.9 Å². The summed E-state index contributed by atoms with van der Waals surface area (Å²) >= 11 is 0. The third-order valence-electron chi connectivity index (χ3n) is 4.35. The first-order valence-corrected chi connectivity index (χ1v) is 11.8. The van der Waals surface area contributed by atoms with E-state index in [1.54, 1.807) is 0 Å². The van der Waals surface area contributed by atoms with Crippen molar-refractivity contribution in [1.29, 1.82) is 0 Å². The Balaban J connectivity index is 0.000000628. The van der Waals surface area contributed by atoms with Gasteiger partial charge >= 0.3 is 21.7 Å². The summed E-state index contributed by atoms with van der Waals surface area (Å²) in [5.74, 6) is 0. The van der Waals surface area contributed by atoms with E-state index in [0.29, 0.717) is 0 Å². The molecule has 0 amide bonds. The van der Waals surface area contributed by atoms with Crippen LogP contribution in [0.4, 0.5) is 0 Å². The summed E-state index contributed by atoms with van der Waals surface area (Å²) in [6.07, 6.45) is 4.56. The van der Waals surface area contributed by atoms with Crippen LogP contribution in [0.5, 0.6) is 0 Å². The molecule has 1 aliphatic rings. The van der Waals surface area contributed by atoms with Gasteiger partial charge in [-0.1, -0.05) is 84.8 Å². The van der Waals surface area contributed by atoms with Crippen molar-refractivity contribution in [2.24, 2.45) is 0 Å². The number of hydrogen-bond donors (Lipinski definition) is 0. The van der Waals surface area contributed by atoms with Gasteiger partial charge in [0.2, 0.25) is 0 Å². The van der Waals surface area contributed by atoms with E-state index >= 15 is 0 Å². The number of fused-ring (bicyclic) bond motifs is 3. The van der Waals surface area contributed by atoms with E-state index in [4.69, 9.17) is 0 Å². The Labute approximate surface area is 205 Å². The van der Waals surface area contributed by atoms with Gasteiger partial charge in [0, 0.05) is 11.1 Å². The largest absolute Gasteiger partial charge is 4.00 e. The molecule has 0 saturated carbocycles. The van der Waals surface area contributed by atoms with E-state index in [9.17, 15) is 0 Å². The molecular formula is C23H29Cl2N2SiTi. The molecule has 0 fully saturated rings. The second-order valence-corrected chi connectivity index (χ2v) is 10.2. The Morgan fingerprint density at radius 1 is 0.897 bits per heavy atom. The van der Waals surface area contributed by atoms with E-state index in [2.05, 4.69) is 104 Å². The molecule has 1 aliphatic carbocycles. The molecule has 1 radical (unpaired) electrons. The van der Waals surface area contributed by atoms with Crippen molar-refractivity contribution >= 4 is 19.9 Å². The van der Waals surface area contributed by atoms with Gasteiger partial charge in [0.1, 0.15) is 0 Å². The first-order valence-electron chi connectivity index (χ1n) is 9.38. The molecule has 3 aromatic rings. The number of para-hydroxylation sites is 2. The Morgan fingerprint density at radius 2 is 1.48 bits per heavy atom. The predicted octanol–water partition coefficient (Wildman–Crippen LogP) is 0.349. The molecule has 6 heteroatoms. The summed E-state index contributed by atoms with van der Waals surface area (Å²) in [6, 6.07) is 19.4. The number of nitrogens with zero attached hydrogens (tertiary/aromatic N) is 2. The van der Waals surface area contributed by atoms with Crippen molar-refractivity contribution in [3.63, 3.8) is 0 Å². The average Bonchev–Trinajstić information content (AvgIpc) is 3.14. The van der Waals surface area contributed by atoms with Crippen LogP contribution in [0.3, 0.4) is 0 Å². The van der Waals surface area contributed by atoms with Gasteiger partial charge < -0.3 is 40.8 Å². The molecular weight excluding hydrogens is 451 g/mol. The van der Waals surface area contributed by atoms with Gasteiger partial charge in [-0.25, -0.2) is 0 Å². The fourth-order valence-corrected chi connectivity index (χ4v) is 5.04. The van der Waals surface area contributed by atoms with Crippen LogP contribution in [0.1, 0.15) is 32.0 Å². The number of rotatable bonds is 2. The van der Waals surface area contributed by atoms with E-state index in [1.807, 2.05) is 0 Å². The maximum Gasteiger partial charge on any atom is 4.00 e. The van der Waals surface area contributed by atoms with Gasteiger partial charge in [0.25, 0.3) is 0 Å². The van der Waals surface area contributed by atoms with E-state index < -0.39 is 0 Å². The standard InChI is InChI=1S/C17H14N.C6H15NSi.2ClH.Ti/c1-2-7-13(8-3-1)18-16-11-5-4-9-14(16)15-10-6-12-17(15)18;1-6(2,3)7-8(4)5;;;/h1-9,11H,10,12H2;1-5H3;2*1H;/q2*-1;;;+4/p-2. The van der Waals surface area contributed by atoms with Crippen LogP contribution in [0.2, 0.25) is 13.1 Å². The van der Waals surface area contributed by atoms with Crippen LogP contribution < -0.4 is 24.8 Å². The zero-order chi connectivity index (χ0) is 18.7. The molecule has 0 N–H and O–H groups in total. The fraction of sp³-hybridized carbons (Fsp3) is 0.348. The van der Waals surface area contributed by atoms with Crippen LogP contribution in [0.25, 0.3) is 21.6 Å². The molecule has 1 heterocycles. The number of halogens is 2. The summed E-state index contributed by atoms with van der Waals surface area (Å²) in [6.45, 7) is 10.8. The molecule has 2 nitrogen and oxygen atoms in total. The topological polar surface area (TPSA) is 19.0 Å². The number of aromatic nitrogens is 1. The van der Waals surface area contributed by atoms with Crippen LogP contribution in [0.15, 0.2) is 54.6 Å². The van der Waals surface area contributed by atoms with Gasteiger partial charge in [-0.15, -0.1) is 12.0 Å². The molecule has 0 unspecified atom stereocenters. The zero-order valence-corrected chi connectivity index (χ0v) is 21.9. The van der Waals surface area contributed by atoms with Crippen molar-refractivity contribution < 1.29 is 46.5 Å². The first-order chi connectivity index (χ1) is 12.4. The minimum absolute atomic E-state index is 0. The molecule has 4 rings (SSSR count). The molecule has 29 heavy (non-hydrogen) atoms. The second kappa shape index (κ2) is 12.3. The van der Waals surface area contributed by atoms with Crippen molar-refractivity contribution in [1.82, 2.24) is 4.57 Å². The van der Waals surface area contributed by atoms with Crippen molar-refractivity contribution in [2.45, 2.75) is 52.2 Å². The second-order valence-electron chi connectivity index (χ2n) is 8.04. The van der Waals surface area contributed by atoms with Gasteiger partial charge in [0.15, 0.2) is 0 Å². The SMILES string of the molecule is C[Si](C)[N-]C(C)(C)C.[Cl-].[Cl-].[Ti+4].c1ccc(-n2c3c(c4ccccc42)C[CH-]C3)cc1. The van der Waals surface area contributed by atoms with Crippen LogP contribution in [-0.2, 0) is 34.6 Å². The molecule has 0 spiro atoms. The van der Waals surface area contributed by atoms with E-state index in [0.717, 1.165) is 12.8 Å². The average molecular weight is 480 g/mol. The molecule has 2 aromatic carbocycles. The van der Waals surface area contributed by atoms with Crippen molar-refractivity contribution in [2.75, 3.05) is 0 Å². The number of benzene rings is 2. The van der Waals surface area contributed by atoms with Crippen molar-refractivity contribution in [3.05, 3.63) is 77.3 Å². The quantitative estimate of drug-likeness (QED) is 0.373. The maximum absolute atomic E-state index is 4.51. The Hall–Kier alpha value is -0.549. The summed E-state index contributed by atoms with van der Waals surface area (Å²) in [7, 11) is -0.367. The van der Waals surface area contributed by atoms with E-state index in [-0.39, 0.29) is 61.0 Å². The fourth-order valence-electron chi connectivity index (χ4n) is 3.70. The predicted molar refractivity (Wildman–Crippen MR) is 116 cm³/mol. The normalized spacial score (nSPS) is 12.2. The smallest absolute Gasteiger partial charge is 1.00 e. The monoisotopic (exact) mass is 479 g/mol. The Morgan fingerprint density at radius 3 is 2.03 bits per heavy atom. The van der Waals surface area contributed by atoms with Gasteiger partial charge in [0.05, 0.1) is 5.52 Å². The van der Waals surface area contributed by atoms with Gasteiger partial charge in [-0.3, -0.25) is 0 Å². The Bertz CT molecular complexity index is 874. The summed E-state index contributed by atoms with van der Waals surface area (Å²) in [4.78, 5) is 4.51. The molecule has 0 bridgehead atoms. The Kier molecular flexibility index (Phi) is 12.1. The summed E-state index contributed by atoms with van der Waals surface area (Å²) in [5.41, 5.74) is 5.77. The molecule has 0 atom stereocenters. The minimum Gasteiger partial charge on any atom is -1.00 e. The first kappa shape index (κ1) is 28.5. The zero-order valence-electron chi connectivity index (χ0n) is 17.8. The van der Waals surface area contributed by atoms with Crippen LogP contribution >= 0.6 is 0 Å². The van der Waals surface area contributed by atoms with Crippen LogP contribution in [-0.4, -0.2) is 19.1 Å². The minimum atomic E-state index is -0.367. The molecule has 0 aliphatic heterocycles. The third-order valence-corrected chi connectivity index (χ3v) is 5.47. The molecule has 0 saturated heterocycles. The molecule has 153 valence electrons. The molecule has 1 aromatic heterocycles. The third kappa shape index (κ3) is 7.27. The van der Waals surface area contributed by atoms with Crippen LogP contribution in [0, 0.1) is 6.42 Å². The number of hydrogen-bond acceptors (Lipinski definition) is 0. The van der Waals surface area contributed by atoms with E-state index in [1.165, 1.54) is 27.8 Å². The van der Waals surface area contributed by atoms with Crippen molar-refractivity contribution in [3.8, 4) is 5.69 Å². The summed E-state index contributed by atoms with van der Waals surface area (Å²) in [5, 5.41) is 1.41. The summed E-state index contributed by atoms with van der Waals surface area (Å²) < 4.78 is 2.41. The maximum atomic E-state index is 4.51.